The summed E-state index contributed by atoms with van der Waals surface area (Å²) in [6, 6.07) is 21.2. The topological polar surface area (TPSA) is 39.1 Å². The fourth-order valence-corrected chi connectivity index (χ4v) is 5.63. The second-order valence-electron chi connectivity index (χ2n) is 7.26. The highest BCUT2D eigenvalue weighted by molar-refractivity contribution is 7.90. The van der Waals surface area contributed by atoms with Gasteiger partial charge in [-0.05, 0) is 43.2 Å². The molecule has 1 heterocycles. The van der Waals surface area contributed by atoms with Crippen LogP contribution in [0.4, 0.5) is 0 Å². The van der Waals surface area contributed by atoms with Gasteiger partial charge in [0, 0.05) is 23.1 Å². The average molecular weight is 373 g/mol. The Morgan fingerprint density at radius 1 is 0.852 bits per heavy atom. The van der Waals surface area contributed by atoms with Crippen LogP contribution < -0.4 is 0 Å². The maximum atomic E-state index is 13.6. The molecule has 1 aromatic heterocycles. The van der Waals surface area contributed by atoms with E-state index in [4.69, 9.17) is 0 Å². The number of fused-ring (bicyclic) bond motifs is 5. The van der Waals surface area contributed by atoms with Gasteiger partial charge in [0.05, 0.1) is 10.4 Å². The van der Waals surface area contributed by atoms with E-state index in [0.29, 0.717) is 11.3 Å². The van der Waals surface area contributed by atoms with Crippen LogP contribution in [0.3, 0.4) is 0 Å². The second kappa shape index (κ2) is 5.57. The van der Waals surface area contributed by atoms with Crippen molar-refractivity contribution in [2.45, 2.75) is 25.2 Å². The van der Waals surface area contributed by atoms with Gasteiger partial charge in [0.2, 0.25) is 0 Å². The molecule has 1 aliphatic carbocycles. The van der Waals surface area contributed by atoms with E-state index in [1.54, 1.807) is 16.1 Å². The molecule has 4 heteroatoms. The van der Waals surface area contributed by atoms with E-state index in [2.05, 4.69) is 25.1 Å². The van der Waals surface area contributed by atoms with E-state index in [9.17, 15) is 8.42 Å². The molecule has 0 aliphatic heterocycles. The summed E-state index contributed by atoms with van der Waals surface area (Å²) >= 11 is 0. The summed E-state index contributed by atoms with van der Waals surface area (Å²) in [5.74, 6) is 0. The Balaban J connectivity index is 1.86. The van der Waals surface area contributed by atoms with Gasteiger partial charge in [-0.2, -0.15) is 0 Å². The number of nitrogens with zero attached hydrogens (tertiary/aromatic N) is 1. The monoisotopic (exact) mass is 373 g/mol. The molecule has 3 aromatic carbocycles. The summed E-state index contributed by atoms with van der Waals surface area (Å²) in [4.78, 5) is 0.323. The first-order chi connectivity index (χ1) is 13.0. The number of para-hydroxylation sites is 1. The predicted molar refractivity (Wildman–Crippen MR) is 109 cm³/mol. The van der Waals surface area contributed by atoms with Crippen molar-refractivity contribution in [3.05, 3.63) is 89.1 Å². The quantitative estimate of drug-likeness (QED) is 0.433. The molecule has 0 fully saturated rings. The molecule has 5 rings (SSSR count). The molecule has 3 nitrogen and oxygen atoms in total. The lowest BCUT2D eigenvalue weighted by atomic mass is 10.0. The third kappa shape index (κ3) is 2.30. The highest BCUT2D eigenvalue weighted by atomic mass is 32.2. The Morgan fingerprint density at radius 3 is 2.33 bits per heavy atom. The number of rotatable bonds is 2. The first-order valence-corrected chi connectivity index (χ1v) is 10.5. The van der Waals surface area contributed by atoms with Crippen molar-refractivity contribution in [3.63, 3.8) is 0 Å². The minimum Gasteiger partial charge on any atom is -0.237 e. The van der Waals surface area contributed by atoms with Gasteiger partial charge in [-0.3, -0.25) is 0 Å². The molecule has 0 atom stereocenters. The number of aromatic nitrogens is 1. The zero-order chi connectivity index (χ0) is 18.8. The molecule has 0 spiro atoms. The highest BCUT2D eigenvalue weighted by Gasteiger charge is 2.31. The van der Waals surface area contributed by atoms with Crippen molar-refractivity contribution in [1.82, 2.24) is 3.97 Å². The highest BCUT2D eigenvalue weighted by Crippen LogP contribution is 2.45. The summed E-state index contributed by atoms with van der Waals surface area (Å²) < 4.78 is 28.7. The van der Waals surface area contributed by atoms with E-state index in [0.717, 1.165) is 33.3 Å². The Hall–Kier alpha value is -2.85. The van der Waals surface area contributed by atoms with Crippen LogP contribution in [-0.2, 0) is 16.4 Å². The SMILES string of the molecule is Cc1ccc(S(=O)(=O)n2c3c(c4ccccc42)-c2cc(C)ccc2C3)cc1. The molecule has 134 valence electrons. The van der Waals surface area contributed by atoms with Crippen molar-refractivity contribution in [2.75, 3.05) is 0 Å². The number of hydrogen-bond acceptors (Lipinski definition) is 2. The molecule has 0 unspecified atom stereocenters. The lowest BCUT2D eigenvalue weighted by Crippen LogP contribution is -2.15. The minimum atomic E-state index is -3.68. The van der Waals surface area contributed by atoms with Crippen molar-refractivity contribution < 1.29 is 8.42 Å². The van der Waals surface area contributed by atoms with Crippen LogP contribution in [0.25, 0.3) is 22.0 Å². The molecule has 0 N–H and O–H groups in total. The molecule has 0 bridgehead atoms. The molecule has 0 radical (unpaired) electrons. The zero-order valence-electron chi connectivity index (χ0n) is 15.2. The van der Waals surface area contributed by atoms with Gasteiger partial charge in [-0.25, -0.2) is 12.4 Å². The van der Waals surface area contributed by atoms with Crippen LogP contribution in [0.2, 0.25) is 0 Å². The Labute approximate surface area is 158 Å². The Bertz CT molecular complexity index is 1310. The Kier molecular flexibility index (Phi) is 3.37. The fraction of sp³-hybridized carbons (Fsp3) is 0.130. The summed E-state index contributed by atoms with van der Waals surface area (Å²) in [6.45, 7) is 4.03. The maximum Gasteiger partial charge on any atom is 0.268 e. The van der Waals surface area contributed by atoms with Gasteiger partial charge < -0.3 is 0 Å². The minimum absolute atomic E-state index is 0.323. The molecule has 0 saturated carbocycles. The Morgan fingerprint density at radius 2 is 1.56 bits per heavy atom. The van der Waals surface area contributed by atoms with Crippen LogP contribution in [0.5, 0.6) is 0 Å². The van der Waals surface area contributed by atoms with Crippen molar-refractivity contribution in [3.8, 4) is 11.1 Å². The molecule has 27 heavy (non-hydrogen) atoms. The van der Waals surface area contributed by atoms with Gasteiger partial charge in [-0.1, -0.05) is 59.7 Å². The number of benzene rings is 3. The second-order valence-corrected chi connectivity index (χ2v) is 9.05. The van der Waals surface area contributed by atoms with Crippen LogP contribution in [-0.4, -0.2) is 12.4 Å². The zero-order valence-corrected chi connectivity index (χ0v) is 16.0. The van der Waals surface area contributed by atoms with E-state index in [-0.39, 0.29) is 0 Å². The summed E-state index contributed by atoms with van der Waals surface area (Å²) in [5, 5.41) is 0.993. The summed E-state index contributed by atoms with van der Waals surface area (Å²) in [5.41, 5.74) is 7.22. The van der Waals surface area contributed by atoms with E-state index >= 15 is 0 Å². The van der Waals surface area contributed by atoms with Crippen molar-refractivity contribution in [2.24, 2.45) is 0 Å². The van der Waals surface area contributed by atoms with Gasteiger partial charge in [-0.15, -0.1) is 0 Å². The number of hydrogen-bond donors (Lipinski definition) is 0. The lowest BCUT2D eigenvalue weighted by Gasteiger charge is -2.11. The maximum absolute atomic E-state index is 13.6. The third-order valence-corrected chi connectivity index (χ3v) is 7.14. The summed E-state index contributed by atoms with van der Waals surface area (Å²) in [6.07, 6.45) is 0.630. The fourth-order valence-electron chi connectivity index (χ4n) is 4.07. The molecule has 0 amide bonds. The predicted octanol–water partition coefficient (Wildman–Crippen LogP) is 5.07. The van der Waals surface area contributed by atoms with E-state index in [1.165, 1.54) is 11.1 Å². The lowest BCUT2D eigenvalue weighted by molar-refractivity contribution is 0.587. The third-order valence-electron chi connectivity index (χ3n) is 5.38. The standard InChI is InChI=1S/C23H19NO2S/c1-15-8-11-18(12-9-15)27(25,26)24-21-6-4-3-5-19(21)23-20-13-16(2)7-10-17(20)14-22(23)24/h3-13H,14H2,1-2H3. The molecular weight excluding hydrogens is 354 g/mol. The first-order valence-electron chi connectivity index (χ1n) is 9.01. The van der Waals surface area contributed by atoms with Crippen LogP contribution in [0.1, 0.15) is 22.4 Å². The summed E-state index contributed by atoms with van der Waals surface area (Å²) in [7, 11) is -3.68. The van der Waals surface area contributed by atoms with Gasteiger partial charge >= 0.3 is 0 Å². The van der Waals surface area contributed by atoms with Gasteiger partial charge in [0.25, 0.3) is 10.0 Å². The van der Waals surface area contributed by atoms with Gasteiger partial charge in [0.15, 0.2) is 0 Å². The van der Waals surface area contributed by atoms with Crippen LogP contribution in [0, 0.1) is 13.8 Å². The first kappa shape index (κ1) is 16.3. The van der Waals surface area contributed by atoms with Crippen LogP contribution in [0.15, 0.2) is 71.6 Å². The molecular formula is C23H19NO2S. The normalized spacial score (nSPS) is 13.0. The molecule has 1 aliphatic rings. The average Bonchev–Trinajstić information content (AvgIpc) is 3.16. The number of aryl methyl sites for hydroxylation is 2. The van der Waals surface area contributed by atoms with E-state index < -0.39 is 10.0 Å². The van der Waals surface area contributed by atoms with Crippen molar-refractivity contribution >= 4 is 20.9 Å². The van der Waals surface area contributed by atoms with Crippen molar-refractivity contribution in [1.29, 1.82) is 0 Å². The largest absolute Gasteiger partial charge is 0.268 e. The molecule has 4 aromatic rings. The smallest absolute Gasteiger partial charge is 0.237 e. The van der Waals surface area contributed by atoms with Crippen LogP contribution >= 0.6 is 0 Å². The molecule has 0 saturated heterocycles. The van der Waals surface area contributed by atoms with Gasteiger partial charge in [0.1, 0.15) is 0 Å². The van der Waals surface area contributed by atoms with E-state index in [1.807, 2.05) is 43.3 Å².